The molecular formula is C26H38N8O3. The molecule has 11 nitrogen and oxygen atoms in total. The standard InChI is InChI=1S/C26H38N8O3/c1-7-8-9-19(15-23(35)37-26(3,4)5)29-24-20(16(2)28-25(27)30-24)14-18-12-17(10-11-21(18)36-6)13-22-31-33-34-32-22/h10-12,19H,7-9,13-15H2,1-6H3,(H3,27,28,29,30)(H,31,32,33,34). The fourth-order valence-corrected chi connectivity index (χ4v) is 4.11. The number of methoxy groups -OCH3 is 1. The summed E-state index contributed by atoms with van der Waals surface area (Å²) >= 11 is 0. The molecular weight excluding hydrogens is 472 g/mol. The van der Waals surface area contributed by atoms with Crippen molar-refractivity contribution >= 4 is 17.7 Å². The number of carbonyl (C=O) groups is 1. The Kier molecular flexibility index (Phi) is 9.37. The monoisotopic (exact) mass is 510 g/mol. The van der Waals surface area contributed by atoms with Crippen molar-refractivity contribution in [2.24, 2.45) is 0 Å². The maximum atomic E-state index is 12.6. The van der Waals surface area contributed by atoms with Gasteiger partial charge in [-0.1, -0.05) is 37.1 Å². The van der Waals surface area contributed by atoms with E-state index in [1.54, 1.807) is 7.11 Å². The fraction of sp³-hybridized carbons (Fsp3) is 0.538. The molecule has 37 heavy (non-hydrogen) atoms. The largest absolute Gasteiger partial charge is 0.496 e. The number of nitrogens with zero attached hydrogens (tertiary/aromatic N) is 5. The van der Waals surface area contributed by atoms with Crippen molar-refractivity contribution in [3.05, 3.63) is 46.4 Å². The van der Waals surface area contributed by atoms with Crippen LogP contribution in [0.5, 0.6) is 5.75 Å². The van der Waals surface area contributed by atoms with E-state index >= 15 is 0 Å². The highest BCUT2D eigenvalue weighted by Crippen LogP contribution is 2.29. The number of ether oxygens (including phenoxy) is 2. The van der Waals surface area contributed by atoms with Gasteiger partial charge in [0.1, 0.15) is 17.2 Å². The maximum absolute atomic E-state index is 12.6. The fourth-order valence-electron chi connectivity index (χ4n) is 4.11. The third kappa shape index (κ3) is 8.40. The number of nitrogens with two attached hydrogens (primary N) is 1. The molecule has 1 atom stereocenters. The number of aromatic nitrogens is 6. The van der Waals surface area contributed by atoms with Gasteiger partial charge in [0.05, 0.1) is 13.5 Å². The van der Waals surface area contributed by atoms with Crippen molar-refractivity contribution < 1.29 is 14.3 Å². The van der Waals surface area contributed by atoms with E-state index in [2.05, 4.69) is 48.9 Å². The summed E-state index contributed by atoms with van der Waals surface area (Å²) in [5.74, 6) is 1.88. The predicted molar refractivity (Wildman–Crippen MR) is 141 cm³/mol. The molecule has 0 radical (unpaired) electrons. The van der Waals surface area contributed by atoms with Gasteiger partial charge in [-0.3, -0.25) is 4.79 Å². The summed E-state index contributed by atoms with van der Waals surface area (Å²) < 4.78 is 11.2. The van der Waals surface area contributed by atoms with Gasteiger partial charge >= 0.3 is 5.97 Å². The van der Waals surface area contributed by atoms with Crippen LogP contribution in [0.4, 0.5) is 11.8 Å². The number of nitrogens with one attached hydrogen (secondary N) is 2. The van der Waals surface area contributed by atoms with Crippen LogP contribution < -0.4 is 15.8 Å². The van der Waals surface area contributed by atoms with Crippen LogP contribution in [0.2, 0.25) is 0 Å². The first-order chi connectivity index (χ1) is 17.6. The zero-order chi connectivity index (χ0) is 27.0. The quantitative estimate of drug-likeness (QED) is 0.307. The Hall–Kier alpha value is -3.76. The number of carbonyl (C=O) groups excluding carboxylic acids is 1. The molecule has 0 bridgehead atoms. The highest BCUT2D eigenvalue weighted by Gasteiger charge is 2.23. The van der Waals surface area contributed by atoms with E-state index in [0.717, 1.165) is 47.4 Å². The molecule has 0 aliphatic carbocycles. The Morgan fingerprint density at radius 1 is 1.22 bits per heavy atom. The lowest BCUT2D eigenvalue weighted by Crippen LogP contribution is -2.30. The Labute approximate surface area is 218 Å². The predicted octanol–water partition coefficient (Wildman–Crippen LogP) is 3.77. The summed E-state index contributed by atoms with van der Waals surface area (Å²) in [6.07, 6.45) is 4.02. The summed E-state index contributed by atoms with van der Waals surface area (Å²) in [6, 6.07) is 5.81. The Bertz CT molecular complexity index is 1180. The first-order valence-corrected chi connectivity index (χ1v) is 12.6. The lowest BCUT2D eigenvalue weighted by atomic mass is 9.99. The summed E-state index contributed by atoms with van der Waals surface area (Å²) in [5.41, 5.74) is 9.11. The molecule has 0 amide bonds. The van der Waals surface area contributed by atoms with Gasteiger partial charge in [0.15, 0.2) is 5.82 Å². The molecule has 0 aliphatic rings. The summed E-state index contributed by atoms with van der Waals surface area (Å²) in [5, 5.41) is 17.7. The number of hydrogen-bond donors (Lipinski definition) is 3. The molecule has 0 spiro atoms. The number of aryl methyl sites for hydroxylation is 1. The number of tetrazole rings is 1. The summed E-state index contributed by atoms with van der Waals surface area (Å²) in [7, 11) is 1.64. The van der Waals surface area contributed by atoms with Crippen LogP contribution in [0, 0.1) is 6.92 Å². The summed E-state index contributed by atoms with van der Waals surface area (Å²) in [4.78, 5) is 21.6. The van der Waals surface area contributed by atoms with E-state index in [9.17, 15) is 4.79 Å². The first kappa shape index (κ1) is 27.8. The average molecular weight is 511 g/mol. The van der Waals surface area contributed by atoms with Crippen molar-refractivity contribution in [1.29, 1.82) is 0 Å². The number of aromatic amines is 1. The number of hydrogen-bond acceptors (Lipinski definition) is 10. The van der Waals surface area contributed by atoms with Gasteiger partial charge in [0.25, 0.3) is 0 Å². The van der Waals surface area contributed by atoms with Crippen molar-refractivity contribution in [3.8, 4) is 5.75 Å². The van der Waals surface area contributed by atoms with Crippen molar-refractivity contribution in [1.82, 2.24) is 30.6 Å². The van der Waals surface area contributed by atoms with Crippen molar-refractivity contribution in [2.45, 2.75) is 84.8 Å². The molecule has 3 rings (SSSR count). The molecule has 200 valence electrons. The van der Waals surface area contributed by atoms with Crippen LogP contribution in [0.25, 0.3) is 0 Å². The second-order valence-corrected chi connectivity index (χ2v) is 10.1. The van der Waals surface area contributed by atoms with Crippen LogP contribution >= 0.6 is 0 Å². The second-order valence-electron chi connectivity index (χ2n) is 10.1. The van der Waals surface area contributed by atoms with Gasteiger partial charge in [-0.05, 0) is 51.3 Å². The van der Waals surface area contributed by atoms with Crippen LogP contribution in [0.1, 0.15) is 81.6 Å². The van der Waals surface area contributed by atoms with E-state index in [-0.39, 0.29) is 24.4 Å². The lowest BCUT2D eigenvalue weighted by molar-refractivity contribution is -0.155. The minimum atomic E-state index is -0.545. The highest BCUT2D eigenvalue weighted by molar-refractivity contribution is 5.71. The van der Waals surface area contributed by atoms with Gasteiger partial charge in [-0.25, -0.2) is 4.98 Å². The van der Waals surface area contributed by atoms with E-state index in [1.165, 1.54) is 0 Å². The van der Waals surface area contributed by atoms with Crippen LogP contribution in [-0.2, 0) is 22.4 Å². The van der Waals surface area contributed by atoms with Gasteiger partial charge < -0.3 is 20.5 Å². The SMILES string of the molecule is CCCCC(CC(=O)OC(C)(C)C)Nc1nc(N)nc(C)c1Cc1cc(Cc2nn[nH]n2)ccc1OC. The van der Waals surface area contributed by atoms with E-state index in [4.69, 9.17) is 15.2 Å². The lowest BCUT2D eigenvalue weighted by Gasteiger charge is -2.24. The number of H-pyrrole nitrogens is 1. The Morgan fingerprint density at radius 2 is 2.00 bits per heavy atom. The van der Waals surface area contributed by atoms with Gasteiger partial charge in [-0.2, -0.15) is 10.2 Å². The topological polar surface area (TPSA) is 154 Å². The normalized spacial score (nSPS) is 12.3. The number of rotatable bonds is 12. The number of nitrogen functional groups attached to an aromatic ring is 1. The Morgan fingerprint density at radius 3 is 2.65 bits per heavy atom. The molecule has 3 aromatic rings. The molecule has 0 aliphatic heterocycles. The highest BCUT2D eigenvalue weighted by atomic mass is 16.6. The summed E-state index contributed by atoms with van der Waals surface area (Å²) in [6.45, 7) is 9.63. The first-order valence-electron chi connectivity index (χ1n) is 12.6. The molecule has 0 saturated heterocycles. The van der Waals surface area contributed by atoms with Gasteiger partial charge in [0, 0.05) is 30.1 Å². The molecule has 0 saturated carbocycles. The van der Waals surface area contributed by atoms with E-state index < -0.39 is 5.60 Å². The number of esters is 1. The molecule has 1 aromatic carbocycles. The zero-order valence-corrected chi connectivity index (χ0v) is 22.6. The third-order valence-electron chi connectivity index (χ3n) is 5.77. The molecule has 4 N–H and O–H groups in total. The average Bonchev–Trinajstić information content (AvgIpc) is 3.31. The van der Waals surface area contributed by atoms with E-state index in [1.807, 2.05) is 39.8 Å². The third-order valence-corrected chi connectivity index (χ3v) is 5.77. The van der Waals surface area contributed by atoms with Crippen molar-refractivity contribution in [3.63, 3.8) is 0 Å². The number of anilines is 2. The minimum Gasteiger partial charge on any atom is -0.496 e. The molecule has 1 unspecified atom stereocenters. The Balaban J connectivity index is 1.90. The van der Waals surface area contributed by atoms with Crippen LogP contribution in [0.15, 0.2) is 18.2 Å². The molecule has 2 heterocycles. The smallest absolute Gasteiger partial charge is 0.308 e. The minimum absolute atomic E-state index is 0.159. The van der Waals surface area contributed by atoms with Crippen LogP contribution in [-0.4, -0.2) is 55.3 Å². The van der Waals surface area contributed by atoms with Gasteiger partial charge in [0.2, 0.25) is 5.95 Å². The van der Waals surface area contributed by atoms with Crippen molar-refractivity contribution in [2.75, 3.05) is 18.2 Å². The van der Waals surface area contributed by atoms with Crippen LogP contribution in [0.3, 0.4) is 0 Å². The number of unbranched alkanes of at least 4 members (excludes halogenated alkanes) is 1. The molecule has 11 heteroatoms. The second kappa shape index (κ2) is 12.5. The maximum Gasteiger partial charge on any atom is 0.308 e. The molecule has 2 aromatic heterocycles. The zero-order valence-electron chi connectivity index (χ0n) is 22.6. The van der Waals surface area contributed by atoms with E-state index in [0.29, 0.717) is 24.5 Å². The number of benzene rings is 1. The van der Waals surface area contributed by atoms with Gasteiger partial charge in [-0.15, -0.1) is 10.2 Å². The molecule has 0 fully saturated rings.